The number of pyridine rings is 1. The number of para-hydroxylation sites is 1. The molecule has 0 aliphatic carbocycles. The highest BCUT2D eigenvalue weighted by Gasteiger charge is 2.13. The van der Waals surface area contributed by atoms with Gasteiger partial charge in [0.1, 0.15) is 0 Å². The molecule has 1 amide bonds. The molecule has 114 valence electrons. The molecule has 0 bridgehead atoms. The highest BCUT2D eigenvalue weighted by Crippen LogP contribution is 2.29. The van der Waals surface area contributed by atoms with Gasteiger partial charge in [-0.25, -0.2) is 4.79 Å². The third-order valence-corrected chi connectivity index (χ3v) is 3.57. The minimum Gasteiger partial charge on any atom is -0.452 e. The second-order valence-corrected chi connectivity index (χ2v) is 5.84. The minimum atomic E-state index is -0.658. The molecule has 0 radical (unpaired) electrons. The number of anilines is 1. The topological polar surface area (TPSA) is 68.3 Å². The molecule has 1 heterocycles. The lowest BCUT2D eigenvalue weighted by Gasteiger charge is -2.09. The van der Waals surface area contributed by atoms with Gasteiger partial charge in [-0.05, 0) is 34.1 Å². The summed E-state index contributed by atoms with van der Waals surface area (Å²) in [5.41, 5.74) is 0.508. The van der Waals surface area contributed by atoms with E-state index in [9.17, 15) is 9.59 Å². The fraction of sp³-hybridized carbons (Fsp3) is 0.0714. The molecular weight excluding hydrogens is 395 g/mol. The van der Waals surface area contributed by atoms with Gasteiger partial charge < -0.3 is 10.1 Å². The number of ether oxygens (including phenoxy) is 1. The van der Waals surface area contributed by atoms with Gasteiger partial charge in [0.25, 0.3) is 5.91 Å². The molecule has 0 spiro atoms. The Labute approximate surface area is 144 Å². The summed E-state index contributed by atoms with van der Waals surface area (Å²) in [5, 5.41) is 3.08. The Morgan fingerprint density at radius 1 is 1.23 bits per heavy atom. The van der Waals surface area contributed by atoms with Crippen molar-refractivity contribution in [2.45, 2.75) is 0 Å². The zero-order chi connectivity index (χ0) is 16.1. The van der Waals surface area contributed by atoms with Crippen LogP contribution in [-0.2, 0) is 9.53 Å². The van der Waals surface area contributed by atoms with Crippen LogP contribution in [0.15, 0.2) is 41.1 Å². The van der Waals surface area contributed by atoms with Crippen LogP contribution in [0, 0.1) is 0 Å². The highest BCUT2D eigenvalue weighted by molar-refractivity contribution is 9.10. The van der Waals surface area contributed by atoms with E-state index in [1.54, 1.807) is 18.2 Å². The zero-order valence-electron chi connectivity index (χ0n) is 11.0. The maximum Gasteiger partial charge on any atom is 0.340 e. The number of nitrogens with zero attached hydrogens (tertiary/aromatic N) is 1. The van der Waals surface area contributed by atoms with Crippen LogP contribution in [0.1, 0.15) is 10.4 Å². The van der Waals surface area contributed by atoms with Gasteiger partial charge >= 0.3 is 5.97 Å². The summed E-state index contributed by atoms with van der Waals surface area (Å²) in [4.78, 5) is 27.4. The quantitative estimate of drug-likeness (QED) is 0.785. The molecule has 1 aromatic heterocycles. The smallest absolute Gasteiger partial charge is 0.340 e. The van der Waals surface area contributed by atoms with E-state index >= 15 is 0 Å². The lowest BCUT2D eigenvalue weighted by molar-refractivity contribution is -0.119. The van der Waals surface area contributed by atoms with Crippen molar-refractivity contribution in [1.29, 1.82) is 0 Å². The molecule has 0 aliphatic heterocycles. The lowest BCUT2D eigenvalue weighted by atomic mass is 10.3. The Morgan fingerprint density at radius 3 is 2.55 bits per heavy atom. The maximum absolute atomic E-state index is 11.8. The molecule has 0 fully saturated rings. The number of carbonyl (C=O) groups is 2. The molecule has 0 aliphatic rings. The number of esters is 1. The number of rotatable bonds is 4. The van der Waals surface area contributed by atoms with Gasteiger partial charge in [-0.1, -0.05) is 29.3 Å². The van der Waals surface area contributed by atoms with Crippen LogP contribution < -0.4 is 5.32 Å². The highest BCUT2D eigenvalue weighted by atomic mass is 79.9. The van der Waals surface area contributed by atoms with E-state index < -0.39 is 18.5 Å². The summed E-state index contributed by atoms with van der Waals surface area (Å²) in [6.07, 6.45) is 2.87. The van der Waals surface area contributed by atoms with Crippen molar-refractivity contribution in [3.63, 3.8) is 0 Å². The number of hydrogen-bond donors (Lipinski definition) is 1. The van der Waals surface area contributed by atoms with E-state index in [0.717, 1.165) is 0 Å². The van der Waals surface area contributed by atoms with Gasteiger partial charge in [0, 0.05) is 16.9 Å². The predicted octanol–water partition coefficient (Wildman–Crippen LogP) is 3.95. The molecular formula is C14H9BrCl2N2O3. The monoisotopic (exact) mass is 402 g/mol. The second kappa shape index (κ2) is 7.58. The predicted molar refractivity (Wildman–Crippen MR) is 87.3 cm³/mol. The van der Waals surface area contributed by atoms with E-state index in [1.165, 1.54) is 18.5 Å². The molecule has 22 heavy (non-hydrogen) atoms. The first kappa shape index (κ1) is 16.7. The first-order valence-corrected chi connectivity index (χ1v) is 7.54. The van der Waals surface area contributed by atoms with E-state index in [4.69, 9.17) is 27.9 Å². The molecule has 0 saturated carbocycles. The van der Waals surface area contributed by atoms with E-state index in [1.807, 2.05) is 0 Å². The number of amides is 1. The SMILES string of the molecule is O=C(COC(=O)c1cncc(Br)c1)Nc1c(Cl)cccc1Cl. The Kier molecular flexibility index (Phi) is 5.76. The summed E-state index contributed by atoms with van der Waals surface area (Å²) < 4.78 is 5.53. The fourth-order valence-electron chi connectivity index (χ4n) is 1.53. The molecule has 0 unspecified atom stereocenters. The summed E-state index contributed by atoms with van der Waals surface area (Å²) >= 11 is 15.1. The molecule has 0 saturated heterocycles. The van der Waals surface area contributed by atoms with Crippen LogP contribution >= 0.6 is 39.1 Å². The van der Waals surface area contributed by atoms with Crippen molar-refractivity contribution in [2.75, 3.05) is 11.9 Å². The molecule has 1 aromatic carbocycles. The van der Waals surface area contributed by atoms with Crippen molar-refractivity contribution in [3.05, 3.63) is 56.7 Å². The van der Waals surface area contributed by atoms with Crippen molar-refractivity contribution >= 4 is 56.7 Å². The number of nitrogens with one attached hydrogen (secondary N) is 1. The van der Waals surface area contributed by atoms with Gasteiger partial charge in [0.2, 0.25) is 0 Å². The second-order valence-electron chi connectivity index (χ2n) is 4.11. The van der Waals surface area contributed by atoms with Crippen LogP contribution in [-0.4, -0.2) is 23.5 Å². The average Bonchev–Trinajstić information content (AvgIpc) is 2.48. The zero-order valence-corrected chi connectivity index (χ0v) is 14.1. The molecule has 1 N–H and O–H groups in total. The van der Waals surface area contributed by atoms with Crippen molar-refractivity contribution in [3.8, 4) is 0 Å². The number of hydrogen-bond acceptors (Lipinski definition) is 4. The summed E-state index contributed by atoms with van der Waals surface area (Å²) in [7, 11) is 0. The number of benzene rings is 1. The van der Waals surface area contributed by atoms with Crippen molar-refractivity contribution in [1.82, 2.24) is 4.98 Å². The number of halogens is 3. The van der Waals surface area contributed by atoms with Crippen molar-refractivity contribution in [2.24, 2.45) is 0 Å². The van der Waals surface area contributed by atoms with Crippen LogP contribution in [0.4, 0.5) is 5.69 Å². The molecule has 5 nitrogen and oxygen atoms in total. The molecule has 0 atom stereocenters. The number of aromatic nitrogens is 1. The fourth-order valence-corrected chi connectivity index (χ4v) is 2.39. The normalized spacial score (nSPS) is 10.1. The first-order chi connectivity index (χ1) is 10.5. The third kappa shape index (κ3) is 4.43. The maximum atomic E-state index is 11.8. The summed E-state index contributed by atoms with van der Waals surface area (Å²) in [6.45, 7) is -0.465. The minimum absolute atomic E-state index is 0.234. The standard InChI is InChI=1S/C14H9BrCl2N2O3/c15-9-4-8(5-18-6-9)14(21)22-7-12(20)19-13-10(16)2-1-3-11(13)17/h1-6H,7H2,(H,19,20). The summed E-state index contributed by atoms with van der Waals surface area (Å²) in [6, 6.07) is 6.36. The van der Waals surface area contributed by atoms with Gasteiger partial charge in [0.15, 0.2) is 6.61 Å². The Morgan fingerprint density at radius 2 is 1.91 bits per heavy atom. The molecule has 8 heteroatoms. The Hall–Kier alpha value is -1.63. The Bertz CT molecular complexity index is 705. The summed E-state index contributed by atoms with van der Waals surface area (Å²) in [5.74, 6) is -1.21. The van der Waals surface area contributed by atoms with Gasteiger partial charge in [0.05, 0.1) is 21.3 Å². The average molecular weight is 404 g/mol. The van der Waals surface area contributed by atoms with Crippen LogP contribution in [0.5, 0.6) is 0 Å². The van der Waals surface area contributed by atoms with E-state index in [0.29, 0.717) is 14.5 Å². The largest absolute Gasteiger partial charge is 0.452 e. The van der Waals surface area contributed by atoms with Gasteiger partial charge in [-0.3, -0.25) is 9.78 Å². The van der Waals surface area contributed by atoms with Crippen molar-refractivity contribution < 1.29 is 14.3 Å². The lowest BCUT2D eigenvalue weighted by Crippen LogP contribution is -2.21. The van der Waals surface area contributed by atoms with Crippen LogP contribution in [0.3, 0.4) is 0 Å². The Balaban J connectivity index is 1.94. The van der Waals surface area contributed by atoms with Gasteiger partial charge in [-0.2, -0.15) is 0 Å². The van der Waals surface area contributed by atoms with Crippen LogP contribution in [0.25, 0.3) is 0 Å². The molecule has 2 aromatic rings. The number of carbonyl (C=O) groups excluding carboxylic acids is 2. The molecule has 2 rings (SSSR count). The van der Waals surface area contributed by atoms with E-state index in [-0.39, 0.29) is 11.3 Å². The van der Waals surface area contributed by atoms with Gasteiger partial charge in [-0.15, -0.1) is 0 Å². The van der Waals surface area contributed by atoms with E-state index in [2.05, 4.69) is 26.2 Å². The third-order valence-electron chi connectivity index (χ3n) is 2.50. The first-order valence-electron chi connectivity index (χ1n) is 5.99. The van der Waals surface area contributed by atoms with Crippen LogP contribution in [0.2, 0.25) is 10.0 Å².